The number of aliphatic hydroxyl groups excluding tert-OH is 1. The number of nitrogens with zero attached hydrogens (tertiary/aromatic N) is 3. The summed E-state index contributed by atoms with van der Waals surface area (Å²) in [7, 11) is 0. The average molecular weight is 196 g/mol. The van der Waals surface area contributed by atoms with Gasteiger partial charge < -0.3 is 15.0 Å². The molecule has 0 aliphatic carbocycles. The maximum absolute atomic E-state index is 8.73. The number of aliphatic hydroxyl groups is 1. The summed E-state index contributed by atoms with van der Waals surface area (Å²) in [6.07, 6.45) is 3.52. The summed E-state index contributed by atoms with van der Waals surface area (Å²) in [6, 6.07) is 0. The molecule has 5 heteroatoms. The van der Waals surface area contributed by atoms with Crippen molar-refractivity contribution >= 4 is 0 Å². The largest absolute Gasteiger partial charge is 0.396 e. The first-order valence-electron chi connectivity index (χ1n) is 5.08. The molecule has 2 heterocycles. The summed E-state index contributed by atoms with van der Waals surface area (Å²) in [5, 5.41) is 20.0. The second kappa shape index (κ2) is 4.52. The highest BCUT2D eigenvalue weighted by Crippen LogP contribution is 2.10. The molecule has 2 rings (SSSR count). The van der Waals surface area contributed by atoms with E-state index in [2.05, 4.69) is 15.5 Å². The lowest BCUT2D eigenvalue weighted by Gasteiger charge is -2.26. The fraction of sp³-hybridized carbons (Fsp3) is 0.778. The van der Waals surface area contributed by atoms with Gasteiger partial charge in [-0.3, -0.25) is 0 Å². The maximum Gasteiger partial charge on any atom is 0.133 e. The molecule has 0 saturated carbocycles. The van der Waals surface area contributed by atoms with E-state index >= 15 is 0 Å². The van der Waals surface area contributed by atoms with Gasteiger partial charge >= 0.3 is 0 Å². The van der Waals surface area contributed by atoms with Gasteiger partial charge in [0.05, 0.1) is 0 Å². The van der Waals surface area contributed by atoms with Gasteiger partial charge in [-0.2, -0.15) is 0 Å². The predicted octanol–water partition coefficient (Wildman–Crippen LogP) is -0.578. The summed E-state index contributed by atoms with van der Waals surface area (Å²) in [4.78, 5) is 0. The lowest BCUT2D eigenvalue weighted by atomic mass is 9.99. The fourth-order valence-electron chi connectivity index (χ4n) is 1.62. The predicted molar refractivity (Wildman–Crippen MR) is 51.8 cm³/mol. The van der Waals surface area contributed by atoms with Crippen LogP contribution < -0.4 is 5.32 Å². The molecule has 78 valence electrons. The topological polar surface area (TPSA) is 63.0 Å². The molecule has 0 atom stereocenters. The molecule has 1 aliphatic rings. The lowest BCUT2D eigenvalue weighted by molar-refractivity contribution is 0.277. The van der Waals surface area contributed by atoms with Crippen LogP contribution >= 0.6 is 0 Å². The summed E-state index contributed by atoms with van der Waals surface area (Å²) < 4.78 is 2.04. The van der Waals surface area contributed by atoms with Crippen molar-refractivity contribution in [3.63, 3.8) is 0 Å². The minimum atomic E-state index is 0.225. The Morgan fingerprint density at radius 1 is 1.57 bits per heavy atom. The van der Waals surface area contributed by atoms with E-state index in [-0.39, 0.29) is 6.61 Å². The fourth-order valence-corrected chi connectivity index (χ4v) is 1.62. The van der Waals surface area contributed by atoms with Gasteiger partial charge in [0.2, 0.25) is 0 Å². The molecule has 0 amide bonds. The van der Waals surface area contributed by atoms with E-state index in [0.717, 1.165) is 38.3 Å². The Hall–Kier alpha value is -0.940. The van der Waals surface area contributed by atoms with Gasteiger partial charge in [-0.15, -0.1) is 10.2 Å². The van der Waals surface area contributed by atoms with Crippen LogP contribution in [0.2, 0.25) is 0 Å². The number of aromatic nitrogens is 3. The number of hydrogen-bond acceptors (Lipinski definition) is 4. The van der Waals surface area contributed by atoms with Gasteiger partial charge in [-0.25, -0.2) is 0 Å². The van der Waals surface area contributed by atoms with Gasteiger partial charge in [-0.1, -0.05) is 0 Å². The van der Waals surface area contributed by atoms with E-state index in [9.17, 15) is 0 Å². The third-order valence-corrected chi connectivity index (χ3v) is 2.59. The molecule has 0 aromatic carbocycles. The highest BCUT2D eigenvalue weighted by Gasteiger charge is 2.19. The normalized spacial score (nSPS) is 16.9. The first kappa shape index (κ1) is 9.61. The molecule has 1 aromatic heterocycles. The second-order valence-electron chi connectivity index (χ2n) is 3.75. The molecule has 5 nitrogen and oxygen atoms in total. The van der Waals surface area contributed by atoms with Crippen LogP contribution in [0, 0.1) is 5.92 Å². The standard InChI is InChI=1S/C9H16N4O/c14-3-1-2-13-7-11-12-9(13)4-8-5-10-6-8/h7-8,10,14H,1-6H2. The SMILES string of the molecule is OCCCn1cnnc1CC1CNC1. The van der Waals surface area contributed by atoms with Crippen LogP contribution in [0.5, 0.6) is 0 Å². The molecule has 1 aromatic rings. The quantitative estimate of drug-likeness (QED) is 0.661. The van der Waals surface area contributed by atoms with Crippen LogP contribution in [-0.2, 0) is 13.0 Å². The van der Waals surface area contributed by atoms with Crippen molar-refractivity contribution in [2.24, 2.45) is 5.92 Å². The molecular weight excluding hydrogens is 180 g/mol. The zero-order chi connectivity index (χ0) is 9.80. The van der Waals surface area contributed by atoms with Crippen molar-refractivity contribution in [2.45, 2.75) is 19.4 Å². The Morgan fingerprint density at radius 2 is 2.43 bits per heavy atom. The van der Waals surface area contributed by atoms with Crippen molar-refractivity contribution in [1.29, 1.82) is 0 Å². The van der Waals surface area contributed by atoms with Gasteiger partial charge in [-0.05, 0) is 25.4 Å². The molecule has 0 unspecified atom stereocenters. The van der Waals surface area contributed by atoms with Gasteiger partial charge in [0.15, 0.2) is 0 Å². The number of rotatable bonds is 5. The Labute approximate surface area is 83.2 Å². The first-order chi connectivity index (χ1) is 6.90. The minimum absolute atomic E-state index is 0.225. The third kappa shape index (κ3) is 2.10. The van der Waals surface area contributed by atoms with E-state index in [1.807, 2.05) is 4.57 Å². The van der Waals surface area contributed by atoms with Crippen molar-refractivity contribution in [3.8, 4) is 0 Å². The zero-order valence-electron chi connectivity index (χ0n) is 8.19. The highest BCUT2D eigenvalue weighted by atomic mass is 16.3. The Morgan fingerprint density at radius 3 is 3.07 bits per heavy atom. The lowest BCUT2D eigenvalue weighted by Crippen LogP contribution is -2.43. The number of hydrogen-bond donors (Lipinski definition) is 2. The van der Waals surface area contributed by atoms with Crippen LogP contribution in [0.3, 0.4) is 0 Å². The molecular formula is C9H16N4O. The van der Waals surface area contributed by atoms with Crippen molar-refractivity contribution in [2.75, 3.05) is 19.7 Å². The smallest absolute Gasteiger partial charge is 0.133 e. The van der Waals surface area contributed by atoms with E-state index in [1.54, 1.807) is 6.33 Å². The van der Waals surface area contributed by atoms with Crippen LogP contribution in [0.15, 0.2) is 6.33 Å². The van der Waals surface area contributed by atoms with Gasteiger partial charge in [0.25, 0.3) is 0 Å². The molecule has 1 saturated heterocycles. The second-order valence-corrected chi connectivity index (χ2v) is 3.75. The van der Waals surface area contributed by atoms with Crippen molar-refractivity contribution < 1.29 is 5.11 Å². The van der Waals surface area contributed by atoms with Crippen molar-refractivity contribution in [3.05, 3.63) is 12.2 Å². The molecule has 0 spiro atoms. The van der Waals surface area contributed by atoms with Gasteiger partial charge in [0.1, 0.15) is 12.2 Å². The van der Waals surface area contributed by atoms with Gasteiger partial charge in [0, 0.05) is 19.6 Å². The summed E-state index contributed by atoms with van der Waals surface area (Å²) in [6.45, 7) is 3.22. The molecule has 14 heavy (non-hydrogen) atoms. The number of nitrogens with one attached hydrogen (secondary N) is 1. The minimum Gasteiger partial charge on any atom is -0.396 e. The molecule has 1 aliphatic heterocycles. The van der Waals surface area contributed by atoms with Crippen LogP contribution in [0.4, 0.5) is 0 Å². The Bertz CT molecular complexity index is 282. The van der Waals surface area contributed by atoms with Crippen LogP contribution in [0.25, 0.3) is 0 Å². The first-order valence-corrected chi connectivity index (χ1v) is 5.08. The summed E-state index contributed by atoms with van der Waals surface area (Å²) in [5.41, 5.74) is 0. The Kier molecular flexibility index (Phi) is 3.10. The number of aryl methyl sites for hydroxylation is 1. The van der Waals surface area contributed by atoms with Crippen LogP contribution in [-0.4, -0.2) is 39.6 Å². The average Bonchev–Trinajstić information content (AvgIpc) is 2.55. The monoisotopic (exact) mass is 196 g/mol. The van der Waals surface area contributed by atoms with Crippen molar-refractivity contribution in [1.82, 2.24) is 20.1 Å². The summed E-state index contributed by atoms with van der Waals surface area (Å²) in [5.74, 6) is 1.76. The molecule has 2 N–H and O–H groups in total. The zero-order valence-corrected chi connectivity index (χ0v) is 8.19. The van der Waals surface area contributed by atoms with E-state index in [4.69, 9.17) is 5.11 Å². The molecule has 1 fully saturated rings. The third-order valence-electron chi connectivity index (χ3n) is 2.59. The van der Waals surface area contributed by atoms with E-state index in [1.165, 1.54) is 0 Å². The highest BCUT2D eigenvalue weighted by molar-refractivity contribution is 4.92. The molecule has 0 radical (unpaired) electrons. The molecule has 0 bridgehead atoms. The summed E-state index contributed by atoms with van der Waals surface area (Å²) >= 11 is 0. The van der Waals surface area contributed by atoms with E-state index in [0.29, 0.717) is 5.92 Å². The van der Waals surface area contributed by atoms with E-state index < -0.39 is 0 Å². The van der Waals surface area contributed by atoms with Crippen LogP contribution in [0.1, 0.15) is 12.2 Å². The Balaban J connectivity index is 1.90. The maximum atomic E-state index is 8.73.